The van der Waals surface area contributed by atoms with Crippen molar-refractivity contribution in [3.8, 4) is 5.75 Å². The van der Waals surface area contributed by atoms with Gasteiger partial charge in [0, 0.05) is 37.8 Å². The van der Waals surface area contributed by atoms with Crippen molar-refractivity contribution >= 4 is 24.8 Å². The molecule has 0 spiro atoms. The Morgan fingerprint density at radius 2 is 1.64 bits per heavy atom. The lowest BCUT2D eigenvalue weighted by atomic mass is 9.80. The van der Waals surface area contributed by atoms with Crippen molar-refractivity contribution in [3.63, 3.8) is 0 Å². The van der Waals surface area contributed by atoms with Crippen molar-refractivity contribution in [3.05, 3.63) is 29.8 Å². The normalized spacial score (nSPS) is 21.5. The van der Waals surface area contributed by atoms with Crippen LogP contribution in [0.15, 0.2) is 24.3 Å². The Kier molecular flexibility index (Phi) is 8.55. The van der Waals surface area contributed by atoms with Gasteiger partial charge in [0.15, 0.2) is 0 Å². The van der Waals surface area contributed by atoms with Crippen LogP contribution in [0.25, 0.3) is 0 Å². The molecular weight excluding hydrogens is 319 g/mol. The number of benzene rings is 1. The summed E-state index contributed by atoms with van der Waals surface area (Å²) in [4.78, 5) is 2.58. The highest BCUT2D eigenvalue weighted by Crippen LogP contribution is 2.41. The average Bonchev–Trinajstić information content (AvgIpc) is 2.52. The smallest absolute Gasteiger partial charge is 0.120 e. The number of phenolic OH excluding ortho intramolecular Hbond substituents is 1. The zero-order chi connectivity index (χ0) is 13.8. The maximum atomic E-state index is 10.3. The molecule has 2 fully saturated rings. The maximum Gasteiger partial charge on any atom is 0.120 e. The Morgan fingerprint density at radius 3 is 2.27 bits per heavy atom. The molecule has 126 valence electrons. The summed E-state index contributed by atoms with van der Waals surface area (Å²) in [5.74, 6) is 1.18. The molecule has 1 aliphatic heterocycles. The Balaban J connectivity index is 0.00000121. The lowest BCUT2D eigenvalue weighted by molar-refractivity contribution is 0.101. The van der Waals surface area contributed by atoms with Gasteiger partial charge in [-0.3, -0.25) is 4.90 Å². The number of nitrogens with one attached hydrogen (secondary N) is 1. The van der Waals surface area contributed by atoms with Crippen LogP contribution in [-0.2, 0) is 0 Å². The summed E-state index contributed by atoms with van der Waals surface area (Å²) in [7, 11) is 0. The second-order valence-electron chi connectivity index (χ2n) is 6.19. The average molecular weight is 347 g/mol. The highest BCUT2D eigenvalue weighted by molar-refractivity contribution is 5.85. The summed E-state index contributed by atoms with van der Waals surface area (Å²) in [5.41, 5.74) is 1.14. The monoisotopic (exact) mass is 346 g/mol. The molecule has 0 amide bonds. The fraction of sp³-hybridized carbons (Fsp3) is 0.647. The van der Waals surface area contributed by atoms with Gasteiger partial charge in [-0.15, -0.1) is 24.8 Å². The molecule has 2 N–H and O–H groups in total. The van der Waals surface area contributed by atoms with E-state index in [1.807, 2.05) is 12.1 Å². The molecule has 3 nitrogen and oxygen atoms in total. The van der Waals surface area contributed by atoms with Gasteiger partial charge in [-0.25, -0.2) is 0 Å². The molecular formula is C17H28Cl2N2O. The first-order chi connectivity index (χ1) is 9.86. The van der Waals surface area contributed by atoms with E-state index in [4.69, 9.17) is 0 Å². The number of piperazine rings is 1. The predicted molar refractivity (Wildman–Crippen MR) is 96.4 cm³/mol. The zero-order valence-corrected chi connectivity index (χ0v) is 14.7. The number of phenols is 1. The molecule has 0 unspecified atom stereocenters. The number of nitrogens with zero attached hydrogens (tertiary/aromatic N) is 1. The van der Waals surface area contributed by atoms with Gasteiger partial charge in [-0.05, 0) is 24.8 Å². The lowest BCUT2D eigenvalue weighted by Crippen LogP contribution is -2.47. The molecule has 1 aromatic carbocycles. The van der Waals surface area contributed by atoms with Crippen LogP contribution in [-0.4, -0.2) is 36.2 Å². The minimum Gasteiger partial charge on any atom is -0.508 e. The Bertz CT molecular complexity index is 414. The van der Waals surface area contributed by atoms with E-state index < -0.39 is 0 Å². The van der Waals surface area contributed by atoms with Crippen molar-refractivity contribution in [1.82, 2.24) is 10.2 Å². The molecule has 1 atom stereocenters. The fourth-order valence-electron chi connectivity index (χ4n) is 3.90. The molecule has 0 bridgehead atoms. The highest BCUT2D eigenvalue weighted by Gasteiger charge is 2.32. The van der Waals surface area contributed by atoms with Gasteiger partial charge in [-0.2, -0.15) is 0 Å². The Labute approximate surface area is 146 Å². The standard InChI is InChI=1S/C17H26N2O.2ClH/c20-16-9-5-4-8-15(16)17(14-6-2-1-3-7-14)19-12-10-18-11-13-19;;/h4-5,8-9,14,17-18,20H,1-3,6-7,10-13H2;2*1H/t17-;;/m1../s1. The highest BCUT2D eigenvalue weighted by atomic mass is 35.5. The third-order valence-electron chi connectivity index (χ3n) is 4.90. The number of aromatic hydroxyl groups is 1. The van der Waals surface area contributed by atoms with E-state index in [2.05, 4.69) is 22.3 Å². The number of hydrogen-bond donors (Lipinski definition) is 2. The van der Waals surface area contributed by atoms with Crippen molar-refractivity contribution in [2.75, 3.05) is 26.2 Å². The number of hydrogen-bond acceptors (Lipinski definition) is 3. The number of rotatable bonds is 3. The van der Waals surface area contributed by atoms with E-state index in [-0.39, 0.29) is 24.8 Å². The van der Waals surface area contributed by atoms with E-state index in [1.165, 1.54) is 32.1 Å². The third kappa shape index (κ3) is 4.51. The minimum absolute atomic E-state index is 0. The largest absolute Gasteiger partial charge is 0.508 e. The quantitative estimate of drug-likeness (QED) is 0.874. The Morgan fingerprint density at radius 1 is 1.00 bits per heavy atom. The third-order valence-corrected chi connectivity index (χ3v) is 4.90. The molecule has 1 heterocycles. The van der Waals surface area contributed by atoms with Gasteiger partial charge in [0.2, 0.25) is 0 Å². The van der Waals surface area contributed by atoms with Crippen molar-refractivity contribution < 1.29 is 5.11 Å². The van der Waals surface area contributed by atoms with Crippen LogP contribution >= 0.6 is 24.8 Å². The summed E-state index contributed by atoms with van der Waals surface area (Å²) >= 11 is 0. The van der Waals surface area contributed by atoms with Crippen molar-refractivity contribution in [1.29, 1.82) is 0 Å². The molecule has 1 aromatic rings. The van der Waals surface area contributed by atoms with Gasteiger partial charge >= 0.3 is 0 Å². The van der Waals surface area contributed by atoms with Gasteiger partial charge in [0.05, 0.1) is 0 Å². The second kappa shape index (κ2) is 9.61. The van der Waals surface area contributed by atoms with Gasteiger partial charge in [0.25, 0.3) is 0 Å². The summed E-state index contributed by atoms with van der Waals surface area (Å²) < 4.78 is 0. The van der Waals surface area contributed by atoms with E-state index >= 15 is 0 Å². The van der Waals surface area contributed by atoms with Crippen LogP contribution in [0.4, 0.5) is 0 Å². The molecule has 0 radical (unpaired) electrons. The van der Waals surface area contributed by atoms with Gasteiger partial charge in [-0.1, -0.05) is 37.5 Å². The Hall–Kier alpha value is -0.480. The molecule has 2 aliphatic rings. The topological polar surface area (TPSA) is 35.5 Å². The van der Waals surface area contributed by atoms with Crippen LogP contribution < -0.4 is 5.32 Å². The van der Waals surface area contributed by atoms with Gasteiger partial charge < -0.3 is 10.4 Å². The molecule has 1 saturated heterocycles. The summed E-state index contributed by atoms with van der Waals surface area (Å²) in [6, 6.07) is 8.35. The first-order valence-corrected chi connectivity index (χ1v) is 8.09. The molecule has 0 aromatic heterocycles. The van der Waals surface area contributed by atoms with E-state index in [1.54, 1.807) is 0 Å². The number of halogens is 2. The predicted octanol–water partition coefficient (Wildman–Crippen LogP) is 3.76. The van der Waals surface area contributed by atoms with E-state index in [9.17, 15) is 5.11 Å². The summed E-state index contributed by atoms with van der Waals surface area (Å²) in [6.45, 7) is 4.32. The maximum absolute atomic E-state index is 10.3. The van der Waals surface area contributed by atoms with Crippen LogP contribution in [0.5, 0.6) is 5.75 Å². The van der Waals surface area contributed by atoms with Crippen LogP contribution in [0.1, 0.15) is 43.7 Å². The molecule has 5 heteroatoms. The van der Waals surface area contributed by atoms with Crippen LogP contribution in [0.2, 0.25) is 0 Å². The first-order valence-electron chi connectivity index (χ1n) is 8.09. The molecule has 1 saturated carbocycles. The fourth-order valence-corrected chi connectivity index (χ4v) is 3.90. The minimum atomic E-state index is 0. The number of para-hydroxylation sites is 1. The van der Waals surface area contributed by atoms with Crippen molar-refractivity contribution in [2.24, 2.45) is 5.92 Å². The zero-order valence-electron chi connectivity index (χ0n) is 13.0. The summed E-state index contributed by atoms with van der Waals surface area (Å²) in [6.07, 6.45) is 6.69. The molecule has 3 rings (SSSR count). The lowest BCUT2D eigenvalue weighted by Gasteiger charge is -2.41. The summed E-state index contributed by atoms with van der Waals surface area (Å²) in [5, 5.41) is 13.7. The molecule has 1 aliphatic carbocycles. The van der Waals surface area contributed by atoms with E-state index in [0.717, 1.165) is 31.7 Å². The second-order valence-corrected chi connectivity index (χ2v) is 6.19. The van der Waals surface area contributed by atoms with Crippen molar-refractivity contribution in [2.45, 2.75) is 38.1 Å². The molecule has 22 heavy (non-hydrogen) atoms. The van der Waals surface area contributed by atoms with Crippen LogP contribution in [0.3, 0.4) is 0 Å². The van der Waals surface area contributed by atoms with Gasteiger partial charge in [0.1, 0.15) is 5.75 Å². The van der Waals surface area contributed by atoms with E-state index in [0.29, 0.717) is 17.7 Å². The SMILES string of the molecule is Cl.Cl.Oc1ccccc1[C@@H](C1CCCCC1)N1CCNCC1. The first kappa shape index (κ1) is 19.6. The van der Waals surface area contributed by atoms with Crippen LogP contribution in [0, 0.1) is 5.92 Å².